The molecule has 0 bridgehead atoms. The second kappa shape index (κ2) is 6.96. The Hall–Kier alpha value is -2.48. The number of carbonyl (C=O) groups excluding carboxylic acids is 3. The van der Waals surface area contributed by atoms with Gasteiger partial charge in [0.25, 0.3) is 5.91 Å². The number of β-lactam (4-membered cyclic amide) rings is 1. The Morgan fingerprint density at radius 3 is 2.75 bits per heavy atom. The summed E-state index contributed by atoms with van der Waals surface area (Å²) in [5.41, 5.74) is 0. The summed E-state index contributed by atoms with van der Waals surface area (Å²) in [6, 6.07) is 7.54. The fraction of sp³-hybridized carbons (Fsp3) is 0.312. The lowest BCUT2D eigenvalue weighted by Crippen LogP contribution is -2.73. The molecule has 1 saturated heterocycles. The van der Waals surface area contributed by atoms with E-state index in [2.05, 4.69) is 5.32 Å². The molecule has 1 N–H and O–H groups in total. The van der Waals surface area contributed by atoms with Gasteiger partial charge in [0.15, 0.2) is 6.61 Å². The van der Waals surface area contributed by atoms with E-state index in [-0.39, 0.29) is 23.8 Å². The van der Waals surface area contributed by atoms with Crippen molar-refractivity contribution in [2.24, 2.45) is 0 Å². The number of para-hydroxylation sites is 1. The van der Waals surface area contributed by atoms with Gasteiger partial charge in [0.1, 0.15) is 23.2 Å². The van der Waals surface area contributed by atoms with Crippen LogP contribution in [-0.4, -0.2) is 53.9 Å². The number of methoxy groups -OCH3 is 1. The average Bonchev–Trinajstić information content (AvgIpc) is 2.63. The van der Waals surface area contributed by atoms with Gasteiger partial charge < -0.3 is 19.7 Å². The van der Waals surface area contributed by atoms with Crippen molar-refractivity contribution in [2.75, 3.05) is 13.7 Å². The molecule has 0 spiro atoms. The molecule has 1 fully saturated rings. The van der Waals surface area contributed by atoms with Crippen LogP contribution in [0, 0.1) is 0 Å². The molecular formula is C16H16N2O5S. The molecule has 2 aliphatic heterocycles. The molecule has 0 aliphatic carbocycles. The lowest BCUT2D eigenvalue weighted by Gasteiger charge is -2.50. The smallest absolute Gasteiger partial charge is 0.332 e. The van der Waals surface area contributed by atoms with E-state index >= 15 is 0 Å². The SMILES string of the molecule is COC(=O)[C@H]1C=CS[C@@H]2[C@H](NC(=O)COc3ccccc3)C(=O)N12. The third-order valence-electron chi connectivity index (χ3n) is 3.73. The number of carbonyl (C=O) groups is 3. The normalized spacial score (nSPS) is 24.6. The van der Waals surface area contributed by atoms with Crippen molar-refractivity contribution in [3.8, 4) is 5.75 Å². The number of hydrogen-bond donors (Lipinski definition) is 1. The van der Waals surface area contributed by atoms with Crippen molar-refractivity contribution in [1.29, 1.82) is 0 Å². The first-order chi connectivity index (χ1) is 11.6. The van der Waals surface area contributed by atoms with Gasteiger partial charge in [0.2, 0.25) is 5.91 Å². The third kappa shape index (κ3) is 3.09. The Morgan fingerprint density at radius 2 is 2.04 bits per heavy atom. The Bertz CT molecular complexity index is 678. The number of esters is 1. The first kappa shape index (κ1) is 16.4. The van der Waals surface area contributed by atoms with Crippen LogP contribution < -0.4 is 10.1 Å². The van der Waals surface area contributed by atoms with E-state index in [1.54, 1.807) is 35.7 Å². The highest BCUT2D eigenvalue weighted by Crippen LogP contribution is 2.37. The van der Waals surface area contributed by atoms with Gasteiger partial charge in [-0.25, -0.2) is 4.79 Å². The summed E-state index contributed by atoms with van der Waals surface area (Å²) in [4.78, 5) is 37.4. The van der Waals surface area contributed by atoms with E-state index in [4.69, 9.17) is 9.47 Å². The minimum absolute atomic E-state index is 0.179. The van der Waals surface area contributed by atoms with E-state index in [1.807, 2.05) is 6.07 Å². The third-order valence-corrected chi connectivity index (χ3v) is 4.82. The van der Waals surface area contributed by atoms with Crippen LogP contribution in [0.2, 0.25) is 0 Å². The van der Waals surface area contributed by atoms with E-state index in [0.717, 1.165) is 0 Å². The van der Waals surface area contributed by atoms with Crippen LogP contribution in [0.25, 0.3) is 0 Å². The number of thioether (sulfide) groups is 1. The molecule has 3 rings (SSSR count). The topological polar surface area (TPSA) is 84.9 Å². The molecule has 3 atom stereocenters. The number of fused-ring (bicyclic) bond motifs is 1. The Kier molecular flexibility index (Phi) is 4.75. The molecule has 0 unspecified atom stereocenters. The van der Waals surface area contributed by atoms with Gasteiger partial charge in [-0.05, 0) is 23.6 Å². The fourth-order valence-corrected chi connectivity index (χ4v) is 3.65. The first-order valence-corrected chi connectivity index (χ1v) is 8.25. The zero-order valence-electron chi connectivity index (χ0n) is 12.9. The molecule has 126 valence electrons. The van der Waals surface area contributed by atoms with E-state index in [1.165, 1.54) is 23.8 Å². The fourth-order valence-electron chi connectivity index (χ4n) is 2.55. The molecular weight excluding hydrogens is 332 g/mol. The van der Waals surface area contributed by atoms with Gasteiger partial charge in [-0.2, -0.15) is 0 Å². The minimum atomic E-state index is -0.734. The zero-order valence-corrected chi connectivity index (χ0v) is 13.7. The van der Waals surface area contributed by atoms with Gasteiger partial charge in [-0.1, -0.05) is 18.2 Å². The highest BCUT2D eigenvalue weighted by molar-refractivity contribution is 8.02. The summed E-state index contributed by atoms with van der Waals surface area (Å²) in [7, 11) is 1.28. The molecule has 1 aromatic rings. The number of ether oxygens (including phenoxy) is 2. The van der Waals surface area contributed by atoms with Crippen molar-refractivity contribution in [3.05, 3.63) is 41.8 Å². The van der Waals surface area contributed by atoms with Crippen molar-refractivity contribution >= 4 is 29.5 Å². The van der Waals surface area contributed by atoms with Crippen molar-refractivity contribution < 1.29 is 23.9 Å². The van der Waals surface area contributed by atoms with E-state index in [9.17, 15) is 14.4 Å². The molecule has 7 nitrogen and oxygen atoms in total. The maximum absolute atomic E-state index is 12.3. The monoisotopic (exact) mass is 348 g/mol. The second-order valence-corrected chi connectivity index (χ2v) is 6.24. The van der Waals surface area contributed by atoms with Gasteiger partial charge in [-0.15, -0.1) is 11.8 Å². The molecule has 24 heavy (non-hydrogen) atoms. The van der Waals surface area contributed by atoms with Crippen molar-refractivity contribution in [3.63, 3.8) is 0 Å². The summed E-state index contributed by atoms with van der Waals surface area (Å²) in [6.45, 7) is -0.179. The van der Waals surface area contributed by atoms with Crippen LogP contribution in [0.1, 0.15) is 0 Å². The molecule has 2 heterocycles. The number of nitrogens with zero attached hydrogens (tertiary/aromatic N) is 1. The Morgan fingerprint density at radius 1 is 1.29 bits per heavy atom. The molecule has 8 heteroatoms. The molecule has 2 aliphatic rings. The van der Waals surface area contributed by atoms with Crippen LogP contribution in [-0.2, 0) is 19.1 Å². The Labute approximate surface area is 143 Å². The van der Waals surface area contributed by atoms with Crippen LogP contribution in [0.15, 0.2) is 41.8 Å². The second-order valence-electron chi connectivity index (χ2n) is 5.22. The standard InChI is InChI=1S/C16H16N2O5S/c1-22-16(21)11-7-8-24-15-13(14(20)18(11)15)17-12(19)9-23-10-5-3-2-4-6-10/h2-8,11,13,15H,9H2,1H3,(H,17,19)/t11-,13-,15-/m1/s1. The Balaban J connectivity index is 1.55. The van der Waals surface area contributed by atoms with Gasteiger partial charge in [0.05, 0.1) is 7.11 Å². The zero-order chi connectivity index (χ0) is 17.1. The number of rotatable bonds is 5. The molecule has 0 radical (unpaired) electrons. The van der Waals surface area contributed by atoms with Gasteiger partial charge in [-0.3, -0.25) is 9.59 Å². The lowest BCUT2D eigenvalue weighted by atomic mass is 10.0. The number of benzene rings is 1. The lowest BCUT2D eigenvalue weighted by molar-refractivity contribution is -0.161. The molecule has 0 aromatic heterocycles. The molecule has 0 saturated carbocycles. The van der Waals surface area contributed by atoms with Gasteiger partial charge >= 0.3 is 5.97 Å². The first-order valence-electron chi connectivity index (χ1n) is 7.31. The number of nitrogens with one attached hydrogen (secondary N) is 1. The number of hydrogen-bond acceptors (Lipinski definition) is 6. The minimum Gasteiger partial charge on any atom is -0.484 e. The number of amides is 2. The summed E-state index contributed by atoms with van der Waals surface area (Å²) in [5.74, 6) is -0.612. The van der Waals surface area contributed by atoms with Crippen LogP contribution in [0.4, 0.5) is 0 Å². The van der Waals surface area contributed by atoms with Crippen molar-refractivity contribution in [2.45, 2.75) is 17.5 Å². The van der Waals surface area contributed by atoms with Crippen LogP contribution >= 0.6 is 11.8 Å². The van der Waals surface area contributed by atoms with Crippen LogP contribution in [0.3, 0.4) is 0 Å². The van der Waals surface area contributed by atoms with E-state index in [0.29, 0.717) is 5.75 Å². The predicted molar refractivity (Wildman–Crippen MR) is 87.0 cm³/mol. The summed E-state index contributed by atoms with van der Waals surface area (Å²) >= 11 is 1.37. The maximum Gasteiger partial charge on any atom is 0.332 e. The average molecular weight is 348 g/mol. The highest BCUT2D eigenvalue weighted by atomic mass is 32.2. The summed E-state index contributed by atoms with van der Waals surface area (Å²) in [6.07, 6.45) is 1.61. The summed E-state index contributed by atoms with van der Waals surface area (Å²) < 4.78 is 10.0. The maximum atomic E-state index is 12.3. The molecule has 1 aromatic carbocycles. The quantitative estimate of drug-likeness (QED) is 0.617. The highest BCUT2D eigenvalue weighted by Gasteiger charge is 2.54. The summed E-state index contributed by atoms with van der Waals surface area (Å²) in [5, 5.41) is 4.08. The van der Waals surface area contributed by atoms with E-state index < -0.39 is 18.1 Å². The predicted octanol–water partition coefficient (Wildman–Crippen LogP) is 0.521. The van der Waals surface area contributed by atoms with Crippen molar-refractivity contribution in [1.82, 2.24) is 10.2 Å². The molecule has 2 amide bonds. The van der Waals surface area contributed by atoms with Crippen LogP contribution in [0.5, 0.6) is 5.75 Å². The van der Waals surface area contributed by atoms with Gasteiger partial charge in [0, 0.05) is 0 Å². The largest absolute Gasteiger partial charge is 0.484 e.